The molecule has 1 aliphatic rings. The molecule has 0 aliphatic heterocycles. The van der Waals surface area contributed by atoms with E-state index in [2.05, 4.69) is 34.6 Å². The van der Waals surface area contributed by atoms with Crippen molar-refractivity contribution < 1.29 is 9.21 Å². The molecule has 0 bridgehead atoms. The van der Waals surface area contributed by atoms with Gasteiger partial charge in [-0.15, -0.1) is 0 Å². The first-order chi connectivity index (χ1) is 13.2. The van der Waals surface area contributed by atoms with E-state index < -0.39 is 0 Å². The fourth-order valence-electron chi connectivity index (χ4n) is 3.98. The number of hydrogen-bond acceptors (Lipinski definition) is 3. The Labute approximate surface area is 157 Å². The number of furan rings is 1. The number of carbonyl (C=O) groups is 1. The molecule has 1 N–H and O–H groups in total. The van der Waals surface area contributed by atoms with Crippen molar-refractivity contribution in [1.29, 1.82) is 0 Å². The van der Waals surface area contributed by atoms with Gasteiger partial charge in [-0.05, 0) is 61.1 Å². The number of fused-ring (bicyclic) bond motifs is 3. The molecule has 0 unspecified atom stereocenters. The zero-order valence-electron chi connectivity index (χ0n) is 15.2. The van der Waals surface area contributed by atoms with Crippen molar-refractivity contribution in [2.45, 2.75) is 32.2 Å². The van der Waals surface area contributed by atoms with Crippen LogP contribution >= 0.6 is 0 Å². The molecule has 0 spiro atoms. The number of carbonyl (C=O) groups excluding carboxylic acids is 1. The second-order valence-electron chi connectivity index (χ2n) is 7.31. The molecule has 4 nitrogen and oxygen atoms in total. The summed E-state index contributed by atoms with van der Waals surface area (Å²) in [7, 11) is 0. The van der Waals surface area contributed by atoms with E-state index in [0.717, 1.165) is 41.1 Å². The molecule has 1 atom stereocenters. The van der Waals surface area contributed by atoms with Crippen molar-refractivity contribution in [2.75, 3.05) is 0 Å². The molecule has 0 saturated heterocycles. The third-order valence-electron chi connectivity index (χ3n) is 5.36. The summed E-state index contributed by atoms with van der Waals surface area (Å²) in [4.78, 5) is 17.4. The predicted molar refractivity (Wildman–Crippen MR) is 106 cm³/mol. The van der Waals surface area contributed by atoms with Gasteiger partial charge in [-0.25, -0.2) is 4.98 Å². The van der Waals surface area contributed by atoms with Gasteiger partial charge in [-0.1, -0.05) is 36.4 Å². The Balaban J connectivity index is 1.47. The number of rotatable bonds is 2. The minimum absolute atomic E-state index is 0.0327. The first kappa shape index (κ1) is 16.1. The van der Waals surface area contributed by atoms with Crippen LogP contribution in [-0.4, -0.2) is 10.9 Å². The normalized spacial score (nSPS) is 16.4. The molecular formula is C23H20N2O2. The Morgan fingerprint density at radius 1 is 1.11 bits per heavy atom. The number of nitrogens with one attached hydrogen (secondary N) is 1. The van der Waals surface area contributed by atoms with Crippen molar-refractivity contribution in [3.63, 3.8) is 0 Å². The molecule has 4 aromatic rings. The van der Waals surface area contributed by atoms with Crippen LogP contribution in [-0.2, 0) is 6.42 Å². The van der Waals surface area contributed by atoms with Gasteiger partial charge >= 0.3 is 0 Å². The fourth-order valence-corrected chi connectivity index (χ4v) is 3.98. The zero-order valence-corrected chi connectivity index (χ0v) is 15.2. The molecule has 4 heteroatoms. The van der Waals surface area contributed by atoms with Gasteiger partial charge in [0.05, 0.1) is 11.6 Å². The number of aryl methyl sites for hydroxylation is 2. The largest absolute Gasteiger partial charge is 0.433 e. The molecule has 2 heterocycles. The van der Waals surface area contributed by atoms with Gasteiger partial charge in [-0.3, -0.25) is 4.79 Å². The maximum Gasteiger partial charge on any atom is 0.287 e. The number of benzene rings is 2. The number of pyridine rings is 1. The molecule has 2 aromatic carbocycles. The molecular weight excluding hydrogens is 336 g/mol. The third kappa shape index (κ3) is 2.87. The number of aromatic nitrogens is 1. The monoisotopic (exact) mass is 356 g/mol. The van der Waals surface area contributed by atoms with E-state index >= 15 is 0 Å². The van der Waals surface area contributed by atoms with E-state index in [1.807, 2.05) is 31.2 Å². The minimum Gasteiger partial charge on any atom is -0.433 e. The van der Waals surface area contributed by atoms with Crippen molar-refractivity contribution in [1.82, 2.24) is 10.3 Å². The molecule has 27 heavy (non-hydrogen) atoms. The van der Waals surface area contributed by atoms with E-state index in [-0.39, 0.29) is 11.9 Å². The first-order valence-electron chi connectivity index (χ1n) is 9.37. The van der Waals surface area contributed by atoms with Crippen molar-refractivity contribution in [2.24, 2.45) is 0 Å². The third-order valence-corrected chi connectivity index (χ3v) is 5.36. The lowest BCUT2D eigenvalue weighted by Gasteiger charge is -2.25. The van der Waals surface area contributed by atoms with Crippen LogP contribution in [0.15, 0.2) is 59.0 Å². The Morgan fingerprint density at radius 3 is 2.93 bits per heavy atom. The van der Waals surface area contributed by atoms with Crippen LogP contribution in [0, 0.1) is 6.92 Å². The lowest BCUT2D eigenvalue weighted by Crippen LogP contribution is -2.30. The average molecular weight is 356 g/mol. The van der Waals surface area contributed by atoms with E-state index in [0.29, 0.717) is 11.5 Å². The molecule has 0 saturated carbocycles. The van der Waals surface area contributed by atoms with Crippen LogP contribution in [0.25, 0.3) is 22.0 Å². The van der Waals surface area contributed by atoms with E-state index in [9.17, 15) is 4.79 Å². The molecule has 5 rings (SSSR count). The maximum atomic E-state index is 12.8. The highest BCUT2D eigenvalue weighted by Gasteiger charge is 2.23. The molecule has 1 aliphatic carbocycles. The minimum atomic E-state index is -0.185. The van der Waals surface area contributed by atoms with Gasteiger partial charge in [0.15, 0.2) is 5.76 Å². The Kier molecular flexibility index (Phi) is 3.71. The van der Waals surface area contributed by atoms with Gasteiger partial charge in [0.25, 0.3) is 5.91 Å². The van der Waals surface area contributed by atoms with Crippen LogP contribution in [0.5, 0.6) is 0 Å². The Hall–Kier alpha value is -3.14. The van der Waals surface area contributed by atoms with Gasteiger partial charge in [0, 0.05) is 10.8 Å². The van der Waals surface area contributed by atoms with Crippen LogP contribution in [0.1, 0.15) is 46.1 Å². The first-order valence-corrected chi connectivity index (χ1v) is 9.37. The Bertz CT molecular complexity index is 1180. The van der Waals surface area contributed by atoms with Gasteiger partial charge < -0.3 is 9.73 Å². The highest BCUT2D eigenvalue weighted by molar-refractivity contribution is 5.98. The predicted octanol–water partition coefficient (Wildman–Crippen LogP) is 5.10. The maximum absolute atomic E-state index is 12.8. The highest BCUT2D eigenvalue weighted by Crippen LogP contribution is 2.30. The van der Waals surface area contributed by atoms with Crippen LogP contribution in [0.3, 0.4) is 0 Å². The van der Waals surface area contributed by atoms with Crippen molar-refractivity contribution in [3.8, 4) is 0 Å². The quantitative estimate of drug-likeness (QED) is 0.544. The topological polar surface area (TPSA) is 55.1 Å². The number of hydrogen-bond donors (Lipinski definition) is 1. The summed E-state index contributed by atoms with van der Waals surface area (Å²) in [6.45, 7) is 2.04. The molecule has 1 amide bonds. The second kappa shape index (κ2) is 6.23. The van der Waals surface area contributed by atoms with E-state index in [4.69, 9.17) is 4.42 Å². The van der Waals surface area contributed by atoms with Crippen LogP contribution in [0.2, 0.25) is 0 Å². The molecule has 0 fully saturated rings. The summed E-state index contributed by atoms with van der Waals surface area (Å²) in [6.07, 6.45) is 3.10. The molecule has 134 valence electrons. The SMILES string of the molecule is Cc1ccc2cc3cc(C(=O)N[C@@H]4CCCc5ccccc54)oc3nc2c1. The Morgan fingerprint density at radius 2 is 2.00 bits per heavy atom. The highest BCUT2D eigenvalue weighted by atomic mass is 16.4. The summed E-state index contributed by atoms with van der Waals surface area (Å²) < 4.78 is 5.78. The number of amides is 1. The summed E-state index contributed by atoms with van der Waals surface area (Å²) in [5, 5.41) is 5.03. The van der Waals surface area contributed by atoms with Crippen molar-refractivity contribution in [3.05, 3.63) is 77.0 Å². The lowest BCUT2D eigenvalue weighted by molar-refractivity contribution is 0.0906. The summed E-state index contributed by atoms with van der Waals surface area (Å²) in [5.74, 6) is 0.127. The molecule has 0 radical (unpaired) electrons. The van der Waals surface area contributed by atoms with E-state index in [1.54, 1.807) is 6.07 Å². The zero-order chi connectivity index (χ0) is 18.4. The second-order valence-corrected chi connectivity index (χ2v) is 7.31. The molecule has 2 aromatic heterocycles. The van der Waals surface area contributed by atoms with Crippen molar-refractivity contribution >= 4 is 27.9 Å². The van der Waals surface area contributed by atoms with E-state index in [1.165, 1.54) is 11.1 Å². The summed E-state index contributed by atoms with van der Waals surface area (Å²) >= 11 is 0. The van der Waals surface area contributed by atoms with Crippen LogP contribution in [0.4, 0.5) is 0 Å². The average Bonchev–Trinajstić information content (AvgIpc) is 3.09. The summed E-state index contributed by atoms with van der Waals surface area (Å²) in [5.41, 5.74) is 5.07. The van der Waals surface area contributed by atoms with Gasteiger partial charge in [0.1, 0.15) is 0 Å². The fraction of sp³-hybridized carbons (Fsp3) is 0.217. The smallest absolute Gasteiger partial charge is 0.287 e. The number of nitrogens with zero attached hydrogens (tertiary/aromatic N) is 1. The van der Waals surface area contributed by atoms with Gasteiger partial charge in [-0.2, -0.15) is 0 Å². The lowest BCUT2D eigenvalue weighted by atomic mass is 9.88. The summed E-state index contributed by atoms with van der Waals surface area (Å²) in [6, 6.07) is 18.3. The van der Waals surface area contributed by atoms with Gasteiger partial charge in [0.2, 0.25) is 5.71 Å². The standard InChI is InChI=1S/C23H20N2O2/c1-14-9-10-16-12-17-13-21(27-23(17)25-20(16)11-14)22(26)24-19-8-4-6-15-5-2-3-7-18(15)19/h2-3,5,7,9-13,19H,4,6,8H2,1H3,(H,24,26)/t19-/m1/s1. The van der Waals surface area contributed by atoms with Crippen LogP contribution < -0.4 is 5.32 Å².